The number of piperidine rings is 1. The van der Waals surface area contributed by atoms with Gasteiger partial charge in [-0.15, -0.1) is 0 Å². The van der Waals surface area contributed by atoms with Crippen LogP contribution >= 0.6 is 0 Å². The number of alkyl halides is 3. The van der Waals surface area contributed by atoms with Gasteiger partial charge < -0.3 is 34.9 Å². The summed E-state index contributed by atoms with van der Waals surface area (Å²) in [4.78, 5) is 37.5. The van der Waals surface area contributed by atoms with Crippen LogP contribution in [-0.2, 0) is 40.4 Å². The van der Waals surface area contributed by atoms with E-state index in [0.29, 0.717) is 31.7 Å². The Balaban J connectivity index is 0.000000644. The number of nitrogens with two attached hydrogens (primary N) is 1. The Labute approximate surface area is 269 Å². The number of hydrogen-bond donors (Lipinski definition) is 3. The van der Waals surface area contributed by atoms with Crippen LogP contribution in [0.5, 0.6) is 5.75 Å². The molecular formula is C33H35F3N4O7. The number of benzene rings is 3. The molecule has 3 aromatic rings. The number of nitrogens with zero attached hydrogens (tertiary/aromatic N) is 2. The first-order valence-corrected chi connectivity index (χ1v) is 14.8. The molecule has 0 bridgehead atoms. The summed E-state index contributed by atoms with van der Waals surface area (Å²) < 4.78 is 48.8. The van der Waals surface area contributed by atoms with Crippen LogP contribution in [0.15, 0.2) is 72.8 Å². The van der Waals surface area contributed by atoms with Gasteiger partial charge in [-0.1, -0.05) is 48.5 Å². The Morgan fingerprint density at radius 2 is 1.47 bits per heavy atom. The molecule has 0 atom stereocenters. The smallest absolute Gasteiger partial charge is 0.490 e. The molecule has 250 valence electrons. The van der Waals surface area contributed by atoms with Crippen molar-refractivity contribution in [1.29, 1.82) is 5.41 Å². The third-order valence-electron chi connectivity index (χ3n) is 7.54. The van der Waals surface area contributed by atoms with Crippen molar-refractivity contribution >= 4 is 24.0 Å². The van der Waals surface area contributed by atoms with E-state index in [9.17, 15) is 22.8 Å². The van der Waals surface area contributed by atoms with E-state index in [1.54, 1.807) is 15.9 Å². The van der Waals surface area contributed by atoms with Gasteiger partial charge in [0.1, 0.15) is 25.1 Å². The van der Waals surface area contributed by atoms with Crippen molar-refractivity contribution in [1.82, 2.24) is 9.80 Å². The molecule has 0 saturated carbocycles. The summed E-state index contributed by atoms with van der Waals surface area (Å²) in [6, 6.07) is 22.7. The second-order valence-electron chi connectivity index (χ2n) is 10.9. The van der Waals surface area contributed by atoms with Crippen molar-refractivity contribution in [3.63, 3.8) is 0 Å². The molecule has 1 saturated heterocycles. The average molecular weight is 657 g/mol. The number of nitrogens with one attached hydrogen (secondary N) is 1. The molecule has 0 radical (unpaired) electrons. The highest BCUT2D eigenvalue weighted by molar-refractivity contribution is 5.89. The number of halogens is 3. The van der Waals surface area contributed by atoms with Crippen molar-refractivity contribution in [2.45, 2.75) is 51.3 Å². The fraction of sp³-hybridized carbons (Fsp3) is 0.333. The van der Waals surface area contributed by atoms with Gasteiger partial charge in [0.2, 0.25) is 0 Å². The van der Waals surface area contributed by atoms with Gasteiger partial charge in [-0.25, -0.2) is 14.4 Å². The fourth-order valence-corrected chi connectivity index (χ4v) is 4.95. The van der Waals surface area contributed by atoms with Gasteiger partial charge in [0, 0.05) is 39.0 Å². The topological polar surface area (TPSA) is 155 Å². The zero-order valence-corrected chi connectivity index (χ0v) is 25.4. The van der Waals surface area contributed by atoms with Gasteiger partial charge in [0.05, 0.1) is 5.56 Å². The summed E-state index contributed by atoms with van der Waals surface area (Å²) in [5, 5.41) is 14.8. The van der Waals surface area contributed by atoms with Crippen LogP contribution in [0.1, 0.15) is 45.5 Å². The lowest BCUT2D eigenvalue weighted by molar-refractivity contribution is -0.192. The summed E-state index contributed by atoms with van der Waals surface area (Å²) in [7, 11) is 0. The third kappa shape index (κ3) is 10.4. The monoisotopic (exact) mass is 656 g/mol. The number of carbonyl (C=O) groups is 3. The van der Waals surface area contributed by atoms with E-state index in [2.05, 4.69) is 0 Å². The SMILES string of the molecule is N=C(N)N1CCc2ccc(C(=O)OCc3ccc(OC4CCN(C(=O)OCc5ccccc5)CC4)cc3)cc2C1.O=C(O)C(F)(F)F. The molecule has 2 heterocycles. The lowest BCUT2D eigenvalue weighted by Crippen LogP contribution is -2.42. The Kier molecular flexibility index (Phi) is 11.7. The molecule has 11 nitrogen and oxygen atoms in total. The number of ether oxygens (including phenoxy) is 3. The quantitative estimate of drug-likeness (QED) is 0.179. The van der Waals surface area contributed by atoms with Crippen molar-refractivity contribution < 1.29 is 46.9 Å². The molecule has 0 aliphatic carbocycles. The minimum absolute atomic E-state index is 0.0183. The Bertz CT molecular complexity index is 1540. The number of likely N-dealkylation sites (tertiary alicyclic amines) is 1. The maximum absolute atomic E-state index is 12.7. The van der Waals surface area contributed by atoms with E-state index in [0.717, 1.165) is 41.7 Å². The molecule has 0 spiro atoms. The molecule has 2 aliphatic heterocycles. The Morgan fingerprint density at radius 3 is 2.09 bits per heavy atom. The highest BCUT2D eigenvalue weighted by Crippen LogP contribution is 2.23. The fourth-order valence-electron chi connectivity index (χ4n) is 4.95. The first-order valence-electron chi connectivity index (χ1n) is 14.8. The van der Waals surface area contributed by atoms with Gasteiger partial charge in [-0.2, -0.15) is 13.2 Å². The molecule has 47 heavy (non-hydrogen) atoms. The number of carboxylic acids is 1. The maximum atomic E-state index is 12.7. The molecule has 4 N–H and O–H groups in total. The lowest BCUT2D eigenvalue weighted by Gasteiger charge is -2.31. The standard InChI is InChI=1S/C31H34N4O5.C2HF3O2/c32-30(33)35-15-12-24-8-9-25(18-26(24)19-35)29(36)38-20-23-6-10-27(11-7-23)40-28-13-16-34(17-14-28)31(37)39-21-22-4-2-1-3-5-22;3-2(4,5)1(6)7/h1-11,18,28H,12-17,19-21H2,(H3,32,33);(H,6,7). The van der Waals surface area contributed by atoms with E-state index in [1.807, 2.05) is 66.7 Å². The van der Waals surface area contributed by atoms with E-state index in [1.165, 1.54) is 5.56 Å². The number of hydrogen-bond acceptors (Lipinski definition) is 7. The van der Waals surface area contributed by atoms with Crippen LogP contribution in [0.3, 0.4) is 0 Å². The van der Waals surface area contributed by atoms with Gasteiger partial charge in [-0.05, 0) is 52.9 Å². The number of fused-ring (bicyclic) bond motifs is 1. The number of amides is 1. The van der Waals surface area contributed by atoms with Gasteiger partial charge in [0.15, 0.2) is 5.96 Å². The summed E-state index contributed by atoms with van der Waals surface area (Å²) in [6.45, 7) is 2.81. The van der Waals surface area contributed by atoms with Gasteiger partial charge in [-0.3, -0.25) is 5.41 Å². The second kappa shape index (κ2) is 15.8. The van der Waals surface area contributed by atoms with E-state index < -0.39 is 18.1 Å². The predicted octanol–water partition coefficient (Wildman–Crippen LogP) is 5.11. The van der Waals surface area contributed by atoms with Crippen LogP contribution in [-0.4, -0.2) is 70.8 Å². The number of rotatable bonds is 7. The molecule has 5 rings (SSSR count). The van der Waals surface area contributed by atoms with Crippen molar-refractivity contribution in [3.8, 4) is 5.75 Å². The van der Waals surface area contributed by atoms with Crippen molar-refractivity contribution in [2.75, 3.05) is 19.6 Å². The molecule has 0 unspecified atom stereocenters. The molecule has 1 amide bonds. The minimum atomic E-state index is -5.08. The first kappa shape index (κ1) is 34.6. The largest absolute Gasteiger partial charge is 0.490 e. The first-order chi connectivity index (χ1) is 22.4. The summed E-state index contributed by atoms with van der Waals surface area (Å²) in [5.41, 5.74) is 10.1. The molecule has 1 fully saturated rings. The third-order valence-corrected chi connectivity index (χ3v) is 7.54. The van der Waals surface area contributed by atoms with Crippen LogP contribution in [0, 0.1) is 5.41 Å². The van der Waals surface area contributed by atoms with E-state index in [-0.39, 0.29) is 31.4 Å². The zero-order chi connectivity index (χ0) is 34.0. The van der Waals surface area contributed by atoms with E-state index in [4.69, 9.17) is 35.3 Å². The van der Waals surface area contributed by atoms with Crippen LogP contribution < -0.4 is 10.5 Å². The number of esters is 1. The maximum Gasteiger partial charge on any atom is 0.490 e. The minimum Gasteiger partial charge on any atom is -0.490 e. The van der Waals surface area contributed by atoms with E-state index >= 15 is 0 Å². The molecule has 2 aliphatic rings. The zero-order valence-electron chi connectivity index (χ0n) is 25.4. The molecule has 14 heteroatoms. The molecular weight excluding hydrogens is 621 g/mol. The molecule has 0 aromatic heterocycles. The van der Waals surface area contributed by atoms with Crippen LogP contribution in [0.2, 0.25) is 0 Å². The van der Waals surface area contributed by atoms with Gasteiger partial charge in [0.25, 0.3) is 0 Å². The second-order valence-corrected chi connectivity index (χ2v) is 10.9. The number of guanidine groups is 1. The van der Waals surface area contributed by atoms with Crippen molar-refractivity contribution in [2.24, 2.45) is 5.73 Å². The Hall–Kier alpha value is -5.27. The number of carbonyl (C=O) groups excluding carboxylic acids is 2. The summed E-state index contributed by atoms with van der Waals surface area (Å²) >= 11 is 0. The summed E-state index contributed by atoms with van der Waals surface area (Å²) in [6.07, 6.45) is -3.12. The van der Waals surface area contributed by atoms with Gasteiger partial charge >= 0.3 is 24.2 Å². The van der Waals surface area contributed by atoms with Crippen LogP contribution in [0.25, 0.3) is 0 Å². The number of carboxylic acid groups (broad SMARTS) is 1. The van der Waals surface area contributed by atoms with Crippen LogP contribution in [0.4, 0.5) is 18.0 Å². The predicted molar refractivity (Wildman–Crippen MR) is 164 cm³/mol. The highest BCUT2D eigenvalue weighted by Gasteiger charge is 2.38. The summed E-state index contributed by atoms with van der Waals surface area (Å²) in [5.74, 6) is -2.37. The highest BCUT2D eigenvalue weighted by atomic mass is 19.4. The number of aliphatic carboxylic acids is 1. The normalized spacial score (nSPS) is 14.6. The average Bonchev–Trinajstić information content (AvgIpc) is 3.07. The Morgan fingerprint density at radius 1 is 0.851 bits per heavy atom. The molecule has 3 aromatic carbocycles. The lowest BCUT2D eigenvalue weighted by atomic mass is 9.97. The van der Waals surface area contributed by atoms with Crippen molar-refractivity contribution in [3.05, 3.63) is 101 Å².